The molecule has 3 rings (SSSR count). The van der Waals surface area contributed by atoms with E-state index in [0.29, 0.717) is 12.1 Å². The van der Waals surface area contributed by atoms with Gasteiger partial charge in [0.15, 0.2) is 5.17 Å². The highest BCUT2D eigenvalue weighted by molar-refractivity contribution is 8.17. The third kappa shape index (κ3) is 1.78. The van der Waals surface area contributed by atoms with Gasteiger partial charge in [0.2, 0.25) is 0 Å². The van der Waals surface area contributed by atoms with Crippen molar-refractivity contribution in [1.29, 1.82) is 0 Å². The van der Waals surface area contributed by atoms with Gasteiger partial charge in [-0.15, -0.1) is 5.10 Å². The van der Waals surface area contributed by atoms with Crippen LogP contribution in [-0.4, -0.2) is 35.3 Å². The molecule has 0 aromatic carbocycles. The van der Waals surface area contributed by atoms with Crippen LogP contribution in [0.4, 0.5) is 0 Å². The fraction of sp³-hybridized carbons (Fsp3) is 0.455. The highest BCUT2D eigenvalue weighted by atomic mass is 32.2. The van der Waals surface area contributed by atoms with E-state index >= 15 is 0 Å². The minimum Gasteiger partial charge on any atom is -0.317 e. The second-order valence-corrected chi connectivity index (χ2v) is 6.84. The van der Waals surface area contributed by atoms with Crippen molar-refractivity contribution in [2.45, 2.75) is 20.3 Å². The first-order valence-corrected chi connectivity index (χ1v) is 8.27. The lowest BCUT2D eigenvalue weighted by Gasteiger charge is -2.29. The lowest BCUT2D eigenvalue weighted by Crippen LogP contribution is -2.36. The summed E-state index contributed by atoms with van der Waals surface area (Å²) in [4.78, 5) is 2.85. The Morgan fingerprint density at radius 3 is 2.74 bits per heavy atom. The summed E-state index contributed by atoms with van der Waals surface area (Å²) in [7, 11) is -4.21. The maximum atomic E-state index is 11.5. The zero-order chi connectivity index (χ0) is 13.8. The van der Waals surface area contributed by atoms with Crippen molar-refractivity contribution >= 4 is 32.8 Å². The van der Waals surface area contributed by atoms with E-state index in [0.717, 1.165) is 22.3 Å². The molecule has 0 saturated carbocycles. The third-order valence-corrected chi connectivity index (χ3v) is 5.40. The summed E-state index contributed by atoms with van der Waals surface area (Å²) in [5.41, 5.74) is 1.58. The van der Waals surface area contributed by atoms with Gasteiger partial charge >= 0.3 is 0 Å². The number of nitrogens with zero attached hydrogens (tertiary/aromatic N) is 3. The molecule has 1 atom stereocenters. The van der Waals surface area contributed by atoms with E-state index in [2.05, 4.69) is 10.2 Å². The van der Waals surface area contributed by atoms with Gasteiger partial charge in [-0.05, 0) is 31.2 Å². The predicted molar refractivity (Wildman–Crippen MR) is 75.3 cm³/mol. The molecular weight excluding hydrogens is 286 g/mol. The van der Waals surface area contributed by atoms with E-state index in [1.54, 1.807) is 6.08 Å². The van der Waals surface area contributed by atoms with Crippen LogP contribution in [0.25, 0.3) is 0 Å². The molecule has 6 nitrogen and oxygen atoms in total. The predicted octanol–water partition coefficient (Wildman–Crippen LogP) is 1.80. The van der Waals surface area contributed by atoms with Crippen LogP contribution in [0.3, 0.4) is 0 Å². The molecule has 0 aromatic rings. The quantitative estimate of drug-likeness (QED) is 0.804. The molecule has 2 bridgehead atoms. The number of allylic oxidation sites excluding steroid dienone is 3. The Morgan fingerprint density at radius 1 is 1.42 bits per heavy atom. The smallest absolute Gasteiger partial charge is 0.291 e. The van der Waals surface area contributed by atoms with Gasteiger partial charge in [0.05, 0.1) is 16.3 Å². The molecule has 1 unspecified atom stereocenters. The van der Waals surface area contributed by atoms with Gasteiger partial charge in [-0.3, -0.25) is 4.55 Å². The lowest BCUT2D eigenvalue weighted by atomic mass is 9.92. The van der Waals surface area contributed by atoms with E-state index in [1.807, 2.05) is 18.7 Å². The van der Waals surface area contributed by atoms with Crippen LogP contribution in [0, 0.1) is 5.92 Å². The molecule has 19 heavy (non-hydrogen) atoms. The van der Waals surface area contributed by atoms with Crippen LogP contribution in [0.2, 0.25) is 0 Å². The first kappa shape index (κ1) is 12.9. The molecule has 1 aliphatic carbocycles. The molecule has 0 fully saturated rings. The van der Waals surface area contributed by atoms with Crippen LogP contribution in [0.15, 0.2) is 31.8 Å². The topological polar surface area (TPSA) is 82.3 Å². The second kappa shape index (κ2) is 4.19. The van der Waals surface area contributed by atoms with Crippen molar-refractivity contribution < 1.29 is 13.0 Å². The Labute approximate surface area is 115 Å². The Kier molecular flexibility index (Phi) is 2.84. The third-order valence-electron chi connectivity index (χ3n) is 3.39. The van der Waals surface area contributed by atoms with Gasteiger partial charge < -0.3 is 4.90 Å². The van der Waals surface area contributed by atoms with Crippen molar-refractivity contribution in [1.82, 2.24) is 4.90 Å². The molecule has 0 aromatic heterocycles. The lowest BCUT2D eigenvalue weighted by molar-refractivity contribution is 0.484. The second-order valence-electron chi connectivity index (χ2n) is 4.41. The van der Waals surface area contributed by atoms with E-state index in [1.165, 1.54) is 11.8 Å². The Bertz CT molecular complexity index is 673. The minimum absolute atomic E-state index is 0.0226. The van der Waals surface area contributed by atoms with Crippen molar-refractivity contribution in [2.75, 3.05) is 6.54 Å². The normalized spacial score (nSPS) is 25.3. The molecular formula is C11H13N3O3S2. The van der Waals surface area contributed by atoms with Crippen molar-refractivity contribution in [3.05, 3.63) is 21.6 Å². The molecule has 0 radical (unpaired) electrons. The summed E-state index contributed by atoms with van der Waals surface area (Å²) in [6.45, 7) is 4.64. The van der Waals surface area contributed by atoms with Crippen LogP contribution in [0.5, 0.6) is 0 Å². The first-order valence-electron chi connectivity index (χ1n) is 6.02. The summed E-state index contributed by atoms with van der Waals surface area (Å²) in [5.74, 6) is -0.424. The molecule has 3 aliphatic rings. The average Bonchev–Trinajstić information content (AvgIpc) is 2.66. The van der Waals surface area contributed by atoms with Gasteiger partial charge in [-0.1, -0.05) is 6.92 Å². The fourth-order valence-electron chi connectivity index (χ4n) is 2.55. The summed E-state index contributed by atoms with van der Waals surface area (Å²) in [5, 5.41) is 9.06. The number of hydrogen-bond acceptors (Lipinski definition) is 6. The van der Waals surface area contributed by atoms with Crippen molar-refractivity contribution in [3.63, 3.8) is 0 Å². The van der Waals surface area contributed by atoms with E-state index in [9.17, 15) is 13.0 Å². The van der Waals surface area contributed by atoms with Gasteiger partial charge in [0, 0.05) is 17.4 Å². The summed E-state index contributed by atoms with van der Waals surface area (Å²) in [6.07, 6.45) is 2.10. The minimum atomic E-state index is -4.21. The average molecular weight is 299 g/mol. The van der Waals surface area contributed by atoms with Gasteiger partial charge in [-0.25, -0.2) is 0 Å². The summed E-state index contributed by atoms with van der Waals surface area (Å²) >= 11 is 1.39. The molecule has 0 spiro atoms. The number of fused-ring (bicyclic) bond motifs is 1. The van der Waals surface area contributed by atoms with Crippen LogP contribution in [0.1, 0.15) is 20.3 Å². The van der Waals surface area contributed by atoms with E-state index in [4.69, 9.17) is 0 Å². The largest absolute Gasteiger partial charge is 0.317 e. The maximum Gasteiger partial charge on any atom is 0.291 e. The van der Waals surface area contributed by atoms with Crippen molar-refractivity contribution in [3.8, 4) is 0 Å². The Hall–Kier alpha value is -1.12. The van der Waals surface area contributed by atoms with Gasteiger partial charge in [0.25, 0.3) is 10.1 Å². The molecule has 0 saturated heterocycles. The molecule has 2 heterocycles. The van der Waals surface area contributed by atoms with Gasteiger partial charge in [-0.2, -0.15) is 13.5 Å². The number of amidine groups is 1. The first-order chi connectivity index (χ1) is 8.97. The molecule has 102 valence electrons. The van der Waals surface area contributed by atoms with Crippen molar-refractivity contribution in [2.24, 2.45) is 16.1 Å². The van der Waals surface area contributed by atoms with Crippen LogP contribution >= 0.6 is 11.8 Å². The van der Waals surface area contributed by atoms with Crippen LogP contribution < -0.4 is 0 Å². The summed E-state index contributed by atoms with van der Waals surface area (Å²) < 4.78 is 32.4. The Morgan fingerprint density at radius 2 is 2.16 bits per heavy atom. The summed E-state index contributed by atoms with van der Waals surface area (Å²) in [6, 6.07) is 0. The monoisotopic (exact) mass is 299 g/mol. The molecule has 1 N–H and O–H groups in total. The molecule has 8 heteroatoms. The standard InChI is InChI=1S/C11H13N3O3S2/c1-3-6-8(19(15,16)17)5-7-10-9(6)12-13-11(18-7)14(10)4-2/h5-6H,3-4H2,1-2H3,(H,15,16,17). The highest BCUT2D eigenvalue weighted by Crippen LogP contribution is 2.45. The van der Waals surface area contributed by atoms with Gasteiger partial charge in [0.1, 0.15) is 0 Å². The zero-order valence-corrected chi connectivity index (χ0v) is 12.1. The number of thioether (sulfide) groups is 1. The SMILES string of the molecule is CCC1C(S(=O)(=O)O)=CC2=C3C1=NN=C(S2)N3CC. The molecule has 2 aliphatic heterocycles. The highest BCUT2D eigenvalue weighted by Gasteiger charge is 2.43. The number of rotatable bonds is 3. The van der Waals surface area contributed by atoms with E-state index in [-0.39, 0.29) is 4.91 Å². The Balaban J connectivity index is 2.21. The molecule has 0 amide bonds. The maximum absolute atomic E-state index is 11.5. The number of hydrogen-bond donors (Lipinski definition) is 1. The van der Waals surface area contributed by atoms with E-state index < -0.39 is 16.0 Å². The van der Waals surface area contributed by atoms with Crippen LogP contribution in [-0.2, 0) is 10.1 Å². The fourth-order valence-corrected chi connectivity index (χ4v) is 4.64. The zero-order valence-electron chi connectivity index (χ0n) is 10.5.